The van der Waals surface area contributed by atoms with Crippen molar-refractivity contribution in [3.05, 3.63) is 88.2 Å². The largest absolute Gasteiger partial charge is 0.476 e. The zero-order valence-corrected chi connectivity index (χ0v) is 19.3. The molecule has 0 radical (unpaired) electrons. The van der Waals surface area contributed by atoms with Crippen molar-refractivity contribution in [2.75, 3.05) is 18.1 Å². The number of hydrogen-bond acceptors (Lipinski definition) is 5. The van der Waals surface area contributed by atoms with Gasteiger partial charge in [0.1, 0.15) is 5.15 Å². The van der Waals surface area contributed by atoms with E-state index >= 15 is 0 Å². The number of nitrogens with zero attached hydrogens (tertiary/aromatic N) is 1. The normalized spacial score (nSPS) is 11.2. The number of hydrogen-bond donors (Lipinski definition) is 4. The third-order valence-electron chi connectivity index (χ3n) is 4.66. The van der Waals surface area contributed by atoms with Gasteiger partial charge in [0.25, 0.3) is 5.91 Å². The molecule has 0 saturated heterocycles. The van der Waals surface area contributed by atoms with Crippen LogP contribution in [0.1, 0.15) is 32.0 Å². The Morgan fingerprint density at radius 1 is 1.00 bits per heavy atom. The highest BCUT2D eigenvalue weighted by Gasteiger charge is 2.58. The van der Waals surface area contributed by atoms with Crippen LogP contribution >= 0.6 is 11.6 Å². The third kappa shape index (κ3) is 7.04. The summed E-state index contributed by atoms with van der Waals surface area (Å²) >= 11 is 5.52. The Morgan fingerprint density at radius 2 is 1.61 bits per heavy atom. The third-order valence-corrected chi connectivity index (χ3v) is 4.87. The number of carbonyl (C=O) groups excluding carboxylic acids is 1. The van der Waals surface area contributed by atoms with E-state index < -0.39 is 29.5 Å². The Bertz CT molecular complexity index is 1220. The first kappa shape index (κ1) is 28.3. The highest BCUT2D eigenvalue weighted by atomic mass is 35.5. The van der Waals surface area contributed by atoms with Gasteiger partial charge in [-0.3, -0.25) is 4.79 Å². The zero-order valence-electron chi connectivity index (χ0n) is 18.5. The maximum atomic E-state index is 13.2. The van der Waals surface area contributed by atoms with Crippen LogP contribution in [-0.2, 0) is 12.5 Å². The lowest BCUT2D eigenvalue weighted by Crippen LogP contribution is -2.33. The average molecular weight is 531 g/mol. The molecule has 0 spiro atoms. The number of alkyl halides is 5. The van der Waals surface area contributed by atoms with Gasteiger partial charge in [-0.1, -0.05) is 48.0 Å². The molecule has 0 aliphatic carbocycles. The van der Waals surface area contributed by atoms with Crippen LogP contribution in [-0.4, -0.2) is 35.2 Å². The van der Waals surface area contributed by atoms with Gasteiger partial charge >= 0.3 is 18.1 Å². The molecule has 0 aliphatic rings. The zero-order chi connectivity index (χ0) is 27.1. The fraction of sp³-hybridized carbons (Fsp3) is 0.174. The topological polar surface area (TPSA) is 117 Å². The summed E-state index contributed by atoms with van der Waals surface area (Å²) in [6.45, 7) is -0.0367. The number of nitrogen functional groups attached to an aromatic ring is 1. The summed E-state index contributed by atoms with van der Waals surface area (Å²) in [5.41, 5.74) is 5.77. The van der Waals surface area contributed by atoms with Crippen LogP contribution in [0.25, 0.3) is 0 Å². The summed E-state index contributed by atoms with van der Waals surface area (Å²) < 4.78 is 63.2. The van der Waals surface area contributed by atoms with Crippen LogP contribution in [0.4, 0.5) is 33.3 Å². The van der Waals surface area contributed by atoms with Crippen molar-refractivity contribution in [3.8, 4) is 0 Å². The van der Waals surface area contributed by atoms with Gasteiger partial charge < -0.3 is 21.5 Å². The molecule has 2 aromatic carbocycles. The smallest absolute Gasteiger partial charge is 0.458 e. The number of carboxylic acids is 1. The molecule has 13 heteroatoms. The molecule has 36 heavy (non-hydrogen) atoms. The van der Waals surface area contributed by atoms with Crippen LogP contribution in [0.5, 0.6) is 0 Å². The first-order chi connectivity index (χ1) is 16.8. The van der Waals surface area contributed by atoms with Gasteiger partial charge in [-0.05, 0) is 29.8 Å². The highest BCUT2D eigenvalue weighted by molar-refractivity contribution is 6.29. The van der Waals surface area contributed by atoms with Crippen LogP contribution < -0.4 is 16.4 Å². The first-order valence-corrected chi connectivity index (χ1v) is 10.4. The number of aromatic carboxylic acids is 1. The van der Waals surface area contributed by atoms with Crippen LogP contribution in [0.3, 0.4) is 0 Å². The summed E-state index contributed by atoms with van der Waals surface area (Å²) in [5.74, 6) is -6.49. The lowest BCUT2D eigenvalue weighted by atomic mass is 10.1. The van der Waals surface area contributed by atoms with Gasteiger partial charge in [-0.15, -0.1) is 0 Å². The van der Waals surface area contributed by atoms with E-state index in [1.807, 2.05) is 0 Å². The molecule has 0 unspecified atom stereocenters. The Balaban J connectivity index is 0.000000319. The standard InChI is InChI=1S/C16H13F5N2O.C7H7ClN2O2/c17-15(18,16(19,20)21)11-7-5-10(6-8-11)9-23-14(24)12-3-1-2-4-13(12)22;1-9-4-2-3-5(8)10-6(4)7(11)12/h1-8H,9,22H2,(H,23,24);2-3,9H,1H3,(H,11,12). The predicted octanol–water partition coefficient (Wildman–Crippen LogP) is 5.33. The van der Waals surface area contributed by atoms with Crippen LogP contribution in [0.2, 0.25) is 5.15 Å². The van der Waals surface area contributed by atoms with Gasteiger partial charge in [0.05, 0.1) is 11.3 Å². The molecule has 192 valence electrons. The van der Waals surface area contributed by atoms with E-state index in [9.17, 15) is 31.5 Å². The molecule has 1 heterocycles. The minimum atomic E-state index is -5.66. The Labute approximate surface area is 207 Å². The van der Waals surface area contributed by atoms with Gasteiger partial charge in [0.15, 0.2) is 5.69 Å². The number of anilines is 2. The van der Waals surface area contributed by atoms with Crippen molar-refractivity contribution in [2.45, 2.75) is 18.6 Å². The van der Waals surface area contributed by atoms with E-state index in [1.54, 1.807) is 31.3 Å². The number of aromatic nitrogens is 1. The fourth-order valence-electron chi connectivity index (χ4n) is 2.78. The van der Waals surface area contributed by atoms with E-state index in [1.165, 1.54) is 12.1 Å². The molecule has 5 N–H and O–H groups in total. The van der Waals surface area contributed by atoms with Crippen molar-refractivity contribution in [1.82, 2.24) is 10.3 Å². The van der Waals surface area contributed by atoms with E-state index in [-0.39, 0.29) is 28.6 Å². The van der Waals surface area contributed by atoms with Crippen LogP contribution in [0.15, 0.2) is 60.7 Å². The number of amides is 1. The molecule has 7 nitrogen and oxygen atoms in total. The Hall–Kier alpha value is -3.93. The van der Waals surface area contributed by atoms with Gasteiger partial charge in [0.2, 0.25) is 0 Å². The van der Waals surface area contributed by atoms with Crippen molar-refractivity contribution in [2.24, 2.45) is 0 Å². The number of nitrogens with two attached hydrogens (primary N) is 1. The molecule has 3 aromatic rings. The second-order valence-electron chi connectivity index (χ2n) is 7.12. The minimum Gasteiger partial charge on any atom is -0.476 e. The molecule has 1 aromatic heterocycles. The summed E-state index contributed by atoms with van der Waals surface area (Å²) in [6.07, 6.45) is -5.66. The molecule has 0 fully saturated rings. The summed E-state index contributed by atoms with van der Waals surface area (Å²) in [6, 6.07) is 13.0. The number of pyridine rings is 1. The molecule has 0 aliphatic heterocycles. The molecule has 0 atom stereocenters. The second kappa shape index (κ2) is 11.7. The Morgan fingerprint density at radius 3 is 2.14 bits per heavy atom. The van der Waals surface area contributed by atoms with Gasteiger partial charge in [-0.25, -0.2) is 9.78 Å². The molecule has 3 rings (SSSR count). The number of carbonyl (C=O) groups is 2. The molecular formula is C23H20ClF5N4O3. The number of para-hydroxylation sites is 1. The monoisotopic (exact) mass is 530 g/mol. The summed E-state index contributed by atoms with van der Waals surface area (Å²) in [7, 11) is 1.62. The Kier molecular flexibility index (Phi) is 9.17. The summed E-state index contributed by atoms with van der Waals surface area (Å²) in [4.78, 5) is 26.2. The van der Waals surface area contributed by atoms with Crippen molar-refractivity contribution < 1.29 is 36.6 Å². The molecule has 0 bridgehead atoms. The SMILES string of the molecule is CNc1ccc(Cl)nc1C(=O)O.Nc1ccccc1C(=O)NCc1ccc(C(F)(F)C(F)(F)F)cc1. The van der Waals surface area contributed by atoms with Gasteiger partial charge in [0, 0.05) is 24.8 Å². The second-order valence-corrected chi connectivity index (χ2v) is 7.51. The molecule has 1 amide bonds. The van der Waals surface area contributed by atoms with Crippen molar-refractivity contribution in [1.29, 1.82) is 0 Å². The highest BCUT2D eigenvalue weighted by Crippen LogP contribution is 2.43. The number of halogens is 6. The fourth-order valence-corrected chi connectivity index (χ4v) is 2.92. The predicted molar refractivity (Wildman–Crippen MR) is 124 cm³/mol. The van der Waals surface area contributed by atoms with E-state index in [0.29, 0.717) is 23.4 Å². The molecular weight excluding hydrogens is 511 g/mol. The minimum absolute atomic E-state index is 0.0367. The number of nitrogens with one attached hydrogen (secondary N) is 2. The van der Waals surface area contributed by atoms with Crippen LogP contribution in [0, 0.1) is 0 Å². The number of benzene rings is 2. The molecule has 0 saturated carbocycles. The summed E-state index contributed by atoms with van der Waals surface area (Å²) in [5, 5.41) is 14.1. The number of rotatable bonds is 6. The quantitative estimate of drug-likeness (QED) is 0.194. The lowest BCUT2D eigenvalue weighted by molar-refractivity contribution is -0.289. The maximum Gasteiger partial charge on any atom is 0.458 e. The maximum absolute atomic E-state index is 13.2. The van der Waals surface area contributed by atoms with Gasteiger partial charge in [-0.2, -0.15) is 22.0 Å². The van der Waals surface area contributed by atoms with E-state index in [2.05, 4.69) is 15.6 Å². The lowest BCUT2D eigenvalue weighted by Gasteiger charge is -2.20. The van der Waals surface area contributed by atoms with E-state index in [0.717, 1.165) is 12.1 Å². The number of carboxylic acid groups (broad SMARTS) is 1. The first-order valence-electron chi connectivity index (χ1n) is 10.0. The average Bonchev–Trinajstić information content (AvgIpc) is 2.82. The van der Waals surface area contributed by atoms with Crippen molar-refractivity contribution >= 4 is 34.9 Å². The van der Waals surface area contributed by atoms with E-state index in [4.69, 9.17) is 22.4 Å². The van der Waals surface area contributed by atoms with Crippen molar-refractivity contribution in [3.63, 3.8) is 0 Å².